The largest absolute Gasteiger partial charge is 0.392 e. The Morgan fingerprint density at radius 1 is 1.35 bits per heavy atom. The molecule has 0 radical (unpaired) electrons. The topological polar surface area (TPSA) is 57.6 Å². The molecule has 0 fully saturated rings. The van der Waals surface area contributed by atoms with Crippen molar-refractivity contribution in [2.24, 2.45) is 0 Å². The highest BCUT2D eigenvalue weighted by atomic mass is 79.9. The van der Waals surface area contributed by atoms with Crippen LogP contribution in [0.1, 0.15) is 12.5 Å². The predicted octanol–water partition coefficient (Wildman–Crippen LogP) is 1.58. The molecule has 1 unspecified atom stereocenters. The second-order valence-electron chi connectivity index (χ2n) is 3.91. The van der Waals surface area contributed by atoms with Crippen LogP contribution in [0.3, 0.4) is 0 Å². The second kappa shape index (κ2) is 5.95. The van der Waals surface area contributed by atoms with Crippen molar-refractivity contribution in [3.8, 4) is 0 Å². The SMILES string of the molecule is CC(O)CN(C)S(=O)(=O)c1ccc(CBr)cc1. The van der Waals surface area contributed by atoms with Crippen LogP contribution in [-0.2, 0) is 15.4 Å². The summed E-state index contributed by atoms with van der Waals surface area (Å²) in [7, 11) is -2.04. The molecule has 1 N–H and O–H groups in total. The average Bonchev–Trinajstić information content (AvgIpc) is 2.28. The van der Waals surface area contributed by atoms with Crippen LogP contribution in [0.5, 0.6) is 0 Å². The lowest BCUT2D eigenvalue weighted by Crippen LogP contribution is -2.33. The first kappa shape index (κ1) is 14.6. The molecule has 0 saturated heterocycles. The molecule has 0 aliphatic heterocycles. The summed E-state index contributed by atoms with van der Waals surface area (Å²) in [5.41, 5.74) is 1.02. The van der Waals surface area contributed by atoms with Crippen molar-refractivity contribution in [3.63, 3.8) is 0 Å². The molecule has 0 bridgehead atoms. The molecule has 0 heterocycles. The van der Waals surface area contributed by atoms with Gasteiger partial charge in [0.2, 0.25) is 10.0 Å². The molecule has 0 aliphatic rings. The Morgan fingerprint density at radius 2 is 1.88 bits per heavy atom. The van der Waals surface area contributed by atoms with E-state index in [-0.39, 0.29) is 11.4 Å². The van der Waals surface area contributed by atoms with Crippen molar-refractivity contribution in [3.05, 3.63) is 29.8 Å². The maximum atomic E-state index is 12.1. The second-order valence-corrected chi connectivity index (χ2v) is 6.52. The number of aliphatic hydroxyl groups excluding tert-OH is 1. The van der Waals surface area contributed by atoms with Crippen molar-refractivity contribution in [2.75, 3.05) is 13.6 Å². The van der Waals surface area contributed by atoms with Crippen LogP contribution < -0.4 is 0 Å². The fraction of sp³-hybridized carbons (Fsp3) is 0.455. The predicted molar refractivity (Wildman–Crippen MR) is 70.6 cm³/mol. The van der Waals surface area contributed by atoms with Crippen LogP contribution in [0, 0.1) is 0 Å². The van der Waals surface area contributed by atoms with E-state index in [2.05, 4.69) is 15.9 Å². The van der Waals surface area contributed by atoms with Gasteiger partial charge in [-0.25, -0.2) is 8.42 Å². The van der Waals surface area contributed by atoms with E-state index in [1.165, 1.54) is 7.05 Å². The molecule has 1 atom stereocenters. The Labute approximate surface area is 110 Å². The van der Waals surface area contributed by atoms with Crippen LogP contribution in [-0.4, -0.2) is 37.5 Å². The highest BCUT2D eigenvalue weighted by Crippen LogP contribution is 2.16. The number of benzene rings is 1. The fourth-order valence-electron chi connectivity index (χ4n) is 1.40. The molecule has 0 aliphatic carbocycles. The lowest BCUT2D eigenvalue weighted by molar-refractivity contribution is 0.171. The van der Waals surface area contributed by atoms with E-state index < -0.39 is 16.1 Å². The molecule has 0 spiro atoms. The first-order chi connectivity index (χ1) is 7.87. The van der Waals surface area contributed by atoms with Gasteiger partial charge in [-0.05, 0) is 24.6 Å². The summed E-state index contributed by atoms with van der Waals surface area (Å²) in [5.74, 6) is 0. The van der Waals surface area contributed by atoms with Gasteiger partial charge in [0.05, 0.1) is 11.0 Å². The van der Waals surface area contributed by atoms with Gasteiger partial charge in [-0.1, -0.05) is 28.1 Å². The quantitative estimate of drug-likeness (QED) is 0.838. The third-order valence-electron chi connectivity index (χ3n) is 2.31. The number of hydrogen-bond acceptors (Lipinski definition) is 3. The average molecular weight is 322 g/mol. The van der Waals surface area contributed by atoms with Crippen LogP contribution >= 0.6 is 15.9 Å². The number of alkyl halides is 1. The van der Waals surface area contributed by atoms with Crippen molar-refractivity contribution >= 4 is 26.0 Å². The van der Waals surface area contributed by atoms with E-state index in [1.54, 1.807) is 31.2 Å². The van der Waals surface area contributed by atoms with E-state index in [0.717, 1.165) is 9.87 Å². The summed E-state index contributed by atoms with van der Waals surface area (Å²) < 4.78 is 25.3. The van der Waals surface area contributed by atoms with Gasteiger partial charge < -0.3 is 5.11 Å². The van der Waals surface area contributed by atoms with Crippen LogP contribution in [0.15, 0.2) is 29.2 Å². The van der Waals surface area contributed by atoms with Crippen LogP contribution in [0.2, 0.25) is 0 Å². The van der Waals surface area contributed by atoms with Gasteiger partial charge in [0.15, 0.2) is 0 Å². The van der Waals surface area contributed by atoms with Gasteiger partial charge in [0, 0.05) is 18.9 Å². The van der Waals surface area contributed by atoms with E-state index in [9.17, 15) is 13.5 Å². The monoisotopic (exact) mass is 321 g/mol. The third-order valence-corrected chi connectivity index (χ3v) is 4.79. The molecule has 17 heavy (non-hydrogen) atoms. The summed E-state index contributed by atoms with van der Waals surface area (Å²) in [4.78, 5) is 0.241. The minimum atomic E-state index is -3.50. The van der Waals surface area contributed by atoms with Gasteiger partial charge in [-0.15, -0.1) is 0 Å². The zero-order valence-electron chi connectivity index (χ0n) is 9.80. The Balaban J connectivity index is 2.96. The molecule has 1 aromatic carbocycles. The zero-order valence-corrected chi connectivity index (χ0v) is 12.2. The molecule has 0 aromatic heterocycles. The highest BCUT2D eigenvalue weighted by Gasteiger charge is 2.21. The first-order valence-electron chi connectivity index (χ1n) is 5.17. The lowest BCUT2D eigenvalue weighted by Gasteiger charge is -2.18. The van der Waals surface area contributed by atoms with Gasteiger partial charge in [0.25, 0.3) is 0 Å². The zero-order chi connectivity index (χ0) is 13.1. The van der Waals surface area contributed by atoms with Gasteiger partial charge in [0.1, 0.15) is 0 Å². The maximum Gasteiger partial charge on any atom is 0.242 e. The molecule has 0 amide bonds. The molecule has 0 saturated carbocycles. The van der Waals surface area contributed by atoms with Crippen molar-refractivity contribution in [1.82, 2.24) is 4.31 Å². The molecule has 96 valence electrons. The normalized spacial score (nSPS) is 13.9. The molecule has 4 nitrogen and oxygen atoms in total. The van der Waals surface area contributed by atoms with Crippen molar-refractivity contribution in [2.45, 2.75) is 23.3 Å². The van der Waals surface area contributed by atoms with Crippen LogP contribution in [0.25, 0.3) is 0 Å². The molecule has 1 aromatic rings. The number of aliphatic hydroxyl groups is 1. The summed E-state index contributed by atoms with van der Waals surface area (Å²) in [6.45, 7) is 1.64. The van der Waals surface area contributed by atoms with Gasteiger partial charge in [-0.2, -0.15) is 4.31 Å². The van der Waals surface area contributed by atoms with Crippen LogP contribution in [0.4, 0.5) is 0 Å². The van der Waals surface area contributed by atoms with Crippen molar-refractivity contribution in [1.29, 1.82) is 0 Å². The summed E-state index contributed by atoms with van der Waals surface area (Å²) >= 11 is 3.30. The number of rotatable bonds is 5. The summed E-state index contributed by atoms with van der Waals surface area (Å²) in [5, 5.41) is 9.89. The number of halogens is 1. The Morgan fingerprint density at radius 3 is 2.29 bits per heavy atom. The van der Waals surface area contributed by atoms with E-state index >= 15 is 0 Å². The van der Waals surface area contributed by atoms with Gasteiger partial charge >= 0.3 is 0 Å². The van der Waals surface area contributed by atoms with Gasteiger partial charge in [-0.3, -0.25) is 0 Å². The maximum absolute atomic E-state index is 12.1. The van der Waals surface area contributed by atoms with E-state index in [0.29, 0.717) is 5.33 Å². The van der Waals surface area contributed by atoms with E-state index in [1.807, 2.05) is 0 Å². The fourth-order valence-corrected chi connectivity index (χ4v) is 3.03. The standard InChI is InChI=1S/C11H16BrNO3S/c1-9(14)8-13(2)17(15,16)11-5-3-10(7-12)4-6-11/h3-6,9,14H,7-8H2,1-2H3. The number of hydrogen-bond donors (Lipinski definition) is 1. The van der Waals surface area contributed by atoms with Crippen molar-refractivity contribution < 1.29 is 13.5 Å². The summed E-state index contributed by atoms with van der Waals surface area (Å²) in [6, 6.07) is 6.67. The number of sulfonamides is 1. The number of nitrogens with zero attached hydrogens (tertiary/aromatic N) is 1. The highest BCUT2D eigenvalue weighted by molar-refractivity contribution is 9.08. The molecule has 6 heteroatoms. The smallest absolute Gasteiger partial charge is 0.242 e. The molecular formula is C11H16BrNO3S. The molecule has 1 rings (SSSR count). The lowest BCUT2D eigenvalue weighted by atomic mass is 10.2. The Hall–Kier alpha value is -0.430. The number of likely N-dealkylation sites (N-methyl/N-ethyl adjacent to an activating group) is 1. The molecular weight excluding hydrogens is 306 g/mol. The Kier molecular flexibility index (Phi) is 5.12. The first-order valence-corrected chi connectivity index (χ1v) is 7.73. The van der Waals surface area contributed by atoms with E-state index in [4.69, 9.17) is 0 Å². The summed E-state index contributed by atoms with van der Waals surface area (Å²) in [6.07, 6.45) is -0.684. The Bertz CT molecular complexity index is 456. The minimum Gasteiger partial charge on any atom is -0.392 e. The third kappa shape index (κ3) is 3.77. The minimum absolute atomic E-state index is 0.0858.